The largest absolute Gasteiger partial charge is 0.461 e. The van der Waals surface area contributed by atoms with Gasteiger partial charge in [0, 0.05) is 11.3 Å². The lowest BCUT2D eigenvalue weighted by molar-refractivity contribution is 0.0517. The normalized spacial score (nSPS) is 13.8. The van der Waals surface area contributed by atoms with Crippen molar-refractivity contribution in [2.75, 3.05) is 6.61 Å². The van der Waals surface area contributed by atoms with Gasteiger partial charge in [-0.1, -0.05) is 17.7 Å². The SMILES string of the molecule is CCOC(=O)c1nn(-c2ccc(C)cc2)c2c1CCCC2. The van der Waals surface area contributed by atoms with E-state index < -0.39 is 0 Å². The van der Waals surface area contributed by atoms with Crippen LogP contribution in [0.4, 0.5) is 0 Å². The number of nitrogens with zero attached hydrogens (tertiary/aromatic N) is 2. The van der Waals surface area contributed by atoms with Crippen molar-refractivity contribution in [2.45, 2.75) is 39.5 Å². The molecule has 2 aromatic rings. The van der Waals surface area contributed by atoms with Gasteiger partial charge in [0.15, 0.2) is 5.69 Å². The predicted molar refractivity (Wildman–Crippen MR) is 80.9 cm³/mol. The van der Waals surface area contributed by atoms with Gasteiger partial charge >= 0.3 is 5.97 Å². The highest BCUT2D eigenvalue weighted by Gasteiger charge is 2.26. The topological polar surface area (TPSA) is 44.1 Å². The van der Waals surface area contributed by atoms with Gasteiger partial charge in [-0.3, -0.25) is 0 Å². The standard InChI is InChI=1S/C17H20N2O2/c1-3-21-17(20)16-14-6-4-5-7-15(14)19(18-16)13-10-8-12(2)9-11-13/h8-11H,3-7H2,1-2H3. The molecule has 0 atom stereocenters. The van der Waals surface area contributed by atoms with Crippen molar-refractivity contribution in [3.63, 3.8) is 0 Å². The average molecular weight is 284 g/mol. The van der Waals surface area contributed by atoms with Gasteiger partial charge in [-0.2, -0.15) is 5.10 Å². The van der Waals surface area contributed by atoms with Crippen LogP contribution in [0.1, 0.15) is 47.1 Å². The Balaban J connectivity index is 2.08. The molecular formula is C17H20N2O2. The number of rotatable bonds is 3. The lowest BCUT2D eigenvalue weighted by atomic mass is 9.95. The van der Waals surface area contributed by atoms with Crippen molar-refractivity contribution >= 4 is 5.97 Å². The van der Waals surface area contributed by atoms with Crippen LogP contribution in [0.5, 0.6) is 0 Å². The van der Waals surface area contributed by atoms with E-state index in [-0.39, 0.29) is 5.97 Å². The van der Waals surface area contributed by atoms with Crippen LogP contribution >= 0.6 is 0 Å². The number of esters is 1. The predicted octanol–water partition coefficient (Wildman–Crippen LogP) is 3.24. The first kappa shape index (κ1) is 13.9. The highest BCUT2D eigenvalue weighted by Crippen LogP contribution is 2.27. The molecule has 0 amide bonds. The van der Waals surface area contributed by atoms with E-state index in [1.165, 1.54) is 5.56 Å². The molecule has 0 unspecified atom stereocenters. The molecule has 21 heavy (non-hydrogen) atoms. The van der Waals surface area contributed by atoms with E-state index in [1.807, 2.05) is 23.7 Å². The summed E-state index contributed by atoms with van der Waals surface area (Å²) in [4.78, 5) is 12.1. The summed E-state index contributed by atoms with van der Waals surface area (Å²) < 4.78 is 7.06. The maximum absolute atomic E-state index is 12.1. The van der Waals surface area contributed by atoms with Crippen molar-refractivity contribution in [1.29, 1.82) is 0 Å². The summed E-state index contributed by atoms with van der Waals surface area (Å²) in [6, 6.07) is 8.23. The number of benzene rings is 1. The molecule has 4 nitrogen and oxygen atoms in total. The van der Waals surface area contributed by atoms with Crippen molar-refractivity contribution < 1.29 is 9.53 Å². The van der Waals surface area contributed by atoms with Crippen molar-refractivity contribution in [3.8, 4) is 5.69 Å². The van der Waals surface area contributed by atoms with Crippen LogP contribution in [0.25, 0.3) is 5.69 Å². The van der Waals surface area contributed by atoms with E-state index in [1.54, 1.807) is 0 Å². The molecule has 1 aromatic carbocycles. The number of hydrogen-bond donors (Lipinski definition) is 0. The van der Waals surface area contributed by atoms with Crippen molar-refractivity contribution in [1.82, 2.24) is 9.78 Å². The average Bonchev–Trinajstić information content (AvgIpc) is 2.88. The Morgan fingerprint density at radius 1 is 1.24 bits per heavy atom. The van der Waals surface area contributed by atoms with Gasteiger partial charge in [0.2, 0.25) is 0 Å². The molecule has 3 rings (SSSR count). The Morgan fingerprint density at radius 3 is 2.67 bits per heavy atom. The fraction of sp³-hybridized carbons (Fsp3) is 0.412. The van der Waals surface area contributed by atoms with Crippen LogP contribution in [-0.4, -0.2) is 22.4 Å². The summed E-state index contributed by atoms with van der Waals surface area (Å²) in [6.07, 6.45) is 4.14. The molecule has 4 heteroatoms. The molecule has 1 aromatic heterocycles. The second-order valence-corrected chi connectivity index (χ2v) is 5.45. The Hall–Kier alpha value is -2.10. The summed E-state index contributed by atoms with van der Waals surface area (Å²) in [7, 11) is 0. The minimum Gasteiger partial charge on any atom is -0.461 e. The number of carbonyl (C=O) groups excluding carboxylic acids is 1. The molecule has 0 bridgehead atoms. The molecule has 0 aliphatic heterocycles. The zero-order valence-corrected chi connectivity index (χ0v) is 12.6. The second kappa shape index (κ2) is 5.72. The molecule has 110 valence electrons. The number of aryl methyl sites for hydroxylation is 1. The minimum absolute atomic E-state index is 0.304. The van der Waals surface area contributed by atoms with E-state index >= 15 is 0 Å². The van der Waals surface area contributed by atoms with E-state index in [2.05, 4.69) is 24.2 Å². The zero-order valence-electron chi connectivity index (χ0n) is 12.6. The van der Waals surface area contributed by atoms with Crippen molar-refractivity contribution in [3.05, 3.63) is 46.8 Å². The fourth-order valence-electron chi connectivity index (χ4n) is 2.86. The maximum atomic E-state index is 12.1. The van der Waals surface area contributed by atoms with Crippen LogP contribution in [0.15, 0.2) is 24.3 Å². The van der Waals surface area contributed by atoms with Crippen molar-refractivity contribution in [2.24, 2.45) is 0 Å². The first-order chi connectivity index (χ1) is 10.2. The molecule has 1 aliphatic rings. The van der Waals surface area contributed by atoms with Gasteiger partial charge in [-0.25, -0.2) is 9.48 Å². The molecule has 1 heterocycles. The number of hydrogen-bond acceptors (Lipinski definition) is 3. The highest BCUT2D eigenvalue weighted by molar-refractivity contribution is 5.89. The van der Waals surface area contributed by atoms with Crippen LogP contribution < -0.4 is 0 Å². The summed E-state index contributed by atoms with van der Waals surface area (Å²) >= 11 is 0. The van der Waals surface area contributed by atoms with Gasteiger partial charge in [-0.15, -0.1) is 0 Å². The third kappa shape index (κ3) is 2.58. The van der Waals surface area contributed by atoms with Gasteiger partial charge in [-0.05, 0) is 51.7 Å². The molecule has 1 aliphatic carbocycles. The van der Waals surface area contributed by atoms with Gasteiger partial charge < -0.3 is 4.74 Å². The Morgan fingerprint density at radius 2 is 1.95 bits per heavy atom. The smallest absolute Gasteiger partial charge is 0.359 e. The Bertz CT molecular complexity index is 656. The lowest BCUT2D eigenvalue weighted by Crippen LogP contribution is -2.10. The Labute approximate surface area is 124 Å². The van der Waals surface area contributed by atoms with Gasteiger partial charge in [0.05, 0.1) is 12.3 Å². The molecule has 0 fully saturated rings. The molecular weight excluding hydrogens is 264 g/mol. The third-order valence-electron chi connectivity index (χ3n) is 3.93. The number of fused-ring (bicyclic) bond motifs is 1. The first-order valence-corrected chi connectivity index (χ1v) is 7.55. The molecule has 0 spiro atoms. The van der Waals surface area contributed by atoms with E-state index in [9.17, 15) is 4.79 Å². The minimum atomic E-state index is -0.304. The van der Waals surface area contributed by atoms with Crippen LogP contribution in [0.3, 0.4) is 0 Å². The summed E-state index contributed by atoms with van der Waals surface area (Å²) in [6.45, 7) is 4.26. The van der Waals surface area contributed by atoms with Crippen LogP contribution in [-0.2, 0) is 17.6 Å². The molecule has 0 N–H and O–H groups in total. The lowest BCUT2D eigenvalue weighted by Gasteiger charge is -2.14. The monoisotopic (exact) mass is 284 g/mol. The summed E-state index contributed by atoms with van der Waals surface area (Å²) in [5.74, 6) is -0.304. The molecule has 0 saturated heterocycles. The number of aromatic nitrogens is 2. The van der Waals surface area contributed by atoms with E-state index in [0.29, 0.717) is 12.3 Å². The number of ether oxygens (including phenoxy) is 1. The van der Waals surface area contributed by atoms with Gasteiger partial charge in [0.1, 0.15) is 0 Å². The first-order valence-electron chi connectivity index (χ1n) is 7.55. The van der Waals surface area contributed by atoms with Crippen LogP contribution in [0, 0.1) is 6.92 Å². The Kier molecular flexibility index (Phi) is 3.78. The third-order valence-corrected chi connectivity index (χ3v) is 3.93. The quantitative estimate of drug-likeness (QED) is 0.813. The van der Waals surface area contributed by atoms with E-state index in [0.717, 1.165) is 42.6 Å². The highest BCUT2D eigenvalue weighted by atomic mass is 16.5. The fourth-order valence-corrected chi connectivity index (χ4v) is 2.86. The second-order valence-electron chi connectivity index (χ2n) is 5.45. The molecule has 0 radical (unpaired) electrons. The maximum Gasteiger partial charge on any atom is 0.359 e. The molecule has 0 saturated carbocycles. The van der Waals surface area contributed by atoms with Crippen LogP contribution in [0.2, 0.25) is 0 Å². The number of carbonyl (C=O) groups is 1. The summed E-state index contributed by atoms with van der Waals surface area (Å²) in [5.41, 5.74) is 4.94. The summed E-state index contributed by atoms with van der Waals surface area (Å²) in [5, 5.41) is 4.55. The zero-order chi connectivity index (χ0) is 14.8. The van der Waals surface area contributed by atoms with Gasteiger partial charge in [0.25, 0.3) is 0 Å². The van der Waals surface area contributed by atoms with E-state index in [4.69, 9.17) is 4.74 Å².